The molecule has 1 N–H and O–H groups in total. The van der Waals surface area contributed by atoms with Gasteiger partial charge in [0.2, 0.25) is 0 Å². The predicted molar refractivity (Wildman–Crippen MR) is 76.1 cm³/mol. The summed E-state index contributed by atoms with van der Waals surface area (Å²) in [6.45, 7) is 6.73. The SMILES string of the molecule is Cc1cc(C(=O)NCC(Br)C(C)C)ccc1Cl. The van der Waals surface area contributed by atoms with Crippen molar-refractivity contribution in [3.8, 4) is 0 Å². The van der Waals surface area contributed by atoms with Gasteiger partial charge in [-0.1, -0.05) is 41.4 Å². The Hall–Kier alpha value is -0.540. The van der Waals surface area contributed by atoms with E-state index in [9.17, 15) is 4.79 Å². The molecule has 94 valence electrons. The standard InChI is InChI=1S/C13H17BrClNO/c1-8(2)11(14)7-16-13(17)10-4-5-12(15)9(3)6-10/h4-6,8,11H,7H2,1-3H3,(H,16,17). The number of carbonyl (C=O) groups is 1. The number of hydrogen-bond acceptors (Lipinski definition) is 1. The quantitative estimate of drug-likeness (QED) is 0.841. The molecule has 0 aliphatic rings. The van der Waals surface area contributed by atoms with Crippen molar-refractivity contribution in [1.82, 2.24) is 5.32 Å². The van der Waals surface area contributed by atoms with E-state index in [4.69, 9.17) is 11.6 Å². The van der Waals surface area contributed by atoms with Gasteiger partial charge in [0.05, 0.1) is 0 Å². The highest BCUT2D eigenvalue weighted by Gasteiger charge is 2.12. The van der Waals surface area contributed by atoms with Gasteiger partial charge in [0.1, 0.15) is 0 Å². The number of benzene rings is 1. The van der Waals surface area contributed by atoms with Crippen LogP contribution in [0.2, 0.25) is 5.02 Å². The molecule has 2 nitrogen and oxygen atoms in total. The molecular weight excluding hydrogens is 302 g/mol. The van der Waals surface area contributed by atoms with E-state index < -0.39 is 0 Å². The summed E-state index contributed by atoms with van der Waals surface area (Å²) < 4.78 is 0. The summed E-state index contributed by atoms with van der Waals surface area (Å²) >= 11 is 9.45. The molecule has 0 saturated carbocycles. The Morgan fingerprint density at radius 3 is 2.65 bits per heavy atom. The van der Waals surface area contributed by atoms with Crippen molar-refractivity contribution in [2.75, 3.05) is 6.54 Å². The zero-order valence-corrected chi connectivity index (χ0v) is 12.6. The Balaban J connectivity index is 2.61. The molecule has 0 bridgehead atoms. The van der Waals surface area contributed by atoms with E-state index in [-0.39, 0.29) is 5.91 Å². The maximum atomic E-state index is 11.9. The first-order valence-electron chi connectivity index (χ1n) is 5.60. The third-order valence-electron chi connectivity index (χ3n) is 2.60. The summed E-state index contributed by atoms with van der Waals surface area (Å²) in [5.74, 6) is 0.428. The van der Waals surface area contributed by atoms with Gasteiger partial charge in [0.25, 0.3) is 5.91 Å². The highest BCUT2D eigenvalue weighted by molar-refractivity contribution is 9.09. The van der Waals surface area contributed by atoms with Crippen molar-refractivity contribution in [2.24, 2.45) is 5.92 Å². The van der Waals surface area contributed by atoms with Crippen LogP contribution in [0.3, 0.4) is 0 Å². The second kappa shape index (κ2) is 6.41. The molecule has 0 aliphatic heterocycles. The van der Waals surface area contributed by atoms with Gasteiger partial charge >= 0.3 is 0 Å². The lowest BCUT2D eigenvalue weighted by Crippen LogP contribution is -2.31. The Kier molecular flexibility index (Phi) is 5.47. The van der Waals surface area contributed by atoms with Gasteiger partial charge in [-0.25, -0.2) is 0 Å². The van der Waals surface area contributed by atoms with Crippen molar-refractivity contribution >= 4 is 33.4 Å². The molecule has 1 aromatic rings. The number of nitrogens with one attached hydrogen (secondary N) is 1. The van der Waals surface area contributed by atoms with E-state index in [0.717, 1.165) is 5.56 Å². The number of halogens is 2. The molecule has 1 unspecified atom stereocenters. The lowest BCUT2D eigenvalue weighted by Gasteiger charge is -2.14. The molecule has 1 atom stereocenters. The van der Waals surface area contributed by atoms with Gasteiger partial charge in [0.15, 0.2) is 0 Å². The van der Waals surface area contributed by atoms with E-state index >= 15 is 0 Å². The predicted octanol–water partition coefficient (Wildman–Crippen LogP) is 3.80. The topological polar surface area (TPSA) is 29.1 Å². The molecule has 0 saturated heterocycles. The van der Waals surface area contributed by atoms with Crippen LogP contribution in [-0.4, -0.2) is 17.3 Å². The second-order valence-electron chi connectivity index (χ2n) is 4.43. The average molecular weight is 319 g/mol. The Bertz CT molecular complexity index is 406. The van der Waals surface area contributed by atoms with Crippen LogP contribution >= 0.6 is 27.5 Å². The molecule has 0 radical (unpaired) electrons. The molecule has 0 heterocycles. The van der Waals surface area contributed by atoms with Crippen LogP contribution in [0.5, 0.6) is 0 Å². The smallest absolute Gasteiger partial charge is 0.251 e. The highest BCUT2D eigenvalue weighted by atomic mass is 79.9. The summed E-state index contributed by atoms with van der Waals surface area (Å²) in [7, 11) is 0. The number of hydrogen-bond donors (Lipinski definition) is 1. The van der Waals surface area contributed by atoms with Crippen LogP contribution < -0.4 is 5.32 Å². The molecular formula is C13H17BrClNO. The van der Waals surface area contributed by atoms with Gasteiger partial charge < -0.3 is 5.32 Å². The van der Waals surface area contributed by atoms with Crippen LogP contribution in [0, 0.1) is 12.8 Å². The van der Waals surface area contributed by atoms with Gasteiger partial charge in [-0.15, -0.1) is 0 Å². The minimum atomic E-state index is -0.0603. The summed E-state index contributed by atoms with van der Waals surface area (Å²) in [5, 5.41) is 3.58. The number of rotatable bonds is 4. The minimum Gasteiger partial charge on any atom is -0.351 e. The Morgan fingerprint density at radius 1 is 1.47 bits per heavy atom. The fourth-order valence-electron chi connectivity index (χ4n) is 1.31. The Morgan fingerprint density at radius 2 is 2.12 bits per heavy atom. The Labute approximate surface area is 116 Å². The first kappa shape index (κ1) is 14.5. The van der Waals surface area contributed by atoms with Crippen molar-refractivity contribution in [2.45, 2.75) is 25.6 Å². The van der Waals surface area contributed by atoms with Crippen molar-refractivity contribution in [3.05, 3.63) is 34.3 Å². The molecule has 4 heteroatoms. The van der Waals surface area contributed by atoms with Crippen LogP contribution in [0.25, 0.3) is 0 Å². The summed E-state index contributed by atoms with van der Waals surface area (Å²) in [5.41, 5.74) is 1.56. The minimum absolute atomic E-state index is 0.0603. The van der Waals surface area contributed by atoms with Crippen molar-refractivity contribution < 1.29 is 4.79 Å². The molecule has 0 aliphatic carbocycles. The summed E-state index contributed by atoms with van der Waals surface area (Å²) in [6.07, 6.45) is 0. The molecule has 0 fully saturated rings. The fraction of sp³-hybridized carbons (Fsp3) is 0.462. The van der Waals surface area contributed by atoms with Gasteiger partial charge in [-0.3, -0.25) is 4.79 Å². The summed E-state index contributed by atoms with van der Waals surface area (Å²) in [4.78, 5) is 12.2. The fourth-order valence-corrected chi connectivity index (χ4v) is 1.59. The molecule has 1 rings (SSSR count). The molecule has 1 aromatic carbocycles. The van der Waals surface area contributed by atoms with Gasteiger partial charge in [-0.2, -0.15) is 0 Å². The van der Waals surface area contributed by atoms with Crippen molar-refractivity contribution in [3.63, 3.8) is 0 Å². The third kappa shape index (κ3) is 4.32. The lowest BCUT2D eigenvalue weighted by molar-refractivity contribution is 0.0953. The average Bonchev–Trinajstić information content (AvgIpc) is 2.28. The highest BCUT2D eigenvalue weighted by Crippen LogP contribution is 2.16. The third-order valence-corrected chi connectivity index (χ3v) is 4.41. The monoisotopic (exact) mass is 317 g/mol. The van der Waals surface area contributed by atoms with Crippen LogP contribution in [0.4, 0.5) is 0 Å². The molecule has 0 aromatic heterocycles. The lowest BCUT2D eigenvalue weighted by atomic mass is 10.1. The largest absolute Gasteiger partial charge is 0.351 e. The van der Waals surface area contributed by atoms with Crippen LogP contribution in [-0.2, 0) is 0 Å². The second-order valence-corrected chi connectivity index (χ2v) is 6.02. The molecule has 17 heavy (non-hydrogen) atoms. The van der Waals surface area contributed by atoms with E-state index in [1.54, 1.807) is 18.2 Å². The van der Waals surface area contributed by atoms with E-state index in [0.29, 0.717) is 27.9 Å². The van der Waals surface area contributed by atoms with Crippen LogP contribution in [0.15, 0.2) is 18.2 Å². The first-order chi connectivity index (χ1) is 7.91. The normalized spacial score (nSPS) is 12.6. The first-order valence-corrected chi connectivity index (χ1v) is 6.89. The van der Waals surface area contributed by atoms with Gasteiger partial charge in [0, 0.05) is 22.0 Å². The molecule has 0 spiro atoms. The van der Waals surface area contributed by atoms with Gasteiger partial charge in [-0.05, 0) is 36.6 Å². The zero-order valence-electron chi connectivity index (χ0n) is 10.3. The van der Waals surface area contributed by atoms with E-state index in [1.807, 2.05) is 6.92 Å². The number of carbonyl (C=O) groups excluding carboxylic acids is 1. The number of alkyl halides is 1. The van der Waals surface area contributed by atoms with Crippen molar-refractivity contribution in [1.29, 1.82) is 0 Å². The van der Waals surface area contributed by atoms with Crippen LogP contribution in [0.1, 0.15) is 29.8 Å². The van der Waals surface area contributed by atoms with E-state index in [1.165, 1.54) is 0 Å². The number of aryl methyl sites for hydroxylation is 1. The van der Waals surface area contributed by atoms with E-state index in [2.05, 4.69) is 35.1 Å². The molecule has 1 amide bonds. The number of amides is 1. The maximum absolute atomic E-state index is 11.9. The zero-order chi connectivity index (χ0) is 13.0. The maximum Gasteiger partial charge on any atom is 0.251 e. The summed E-state index contributed by atoms with van der Waals surface area (Å²) in [6, 6.07) is 5.29.